The summed E-state index contributed by atoms with van der Waals surface area (Å²) in [5.74, 6) is 2.81. The summed E-state index contributed by atoms with van der Waals surface area (Å²) in [5.41, 5.74) is 1.81. The van der Waals surface area contributed by atoms with Crippen molar-refractivity contribution in [2.45, 2.75) is 32.1 Å². The lowest BCUT2D eigenvalue weighted by molar-refractivity contribution is 0.568. The monoisotopic (exact) mass is 160 g/mol. The lowest BCUT2D eigenvalue weighted by Crippen LogP contribution is -2.05. The van der Waals surface area contributed by atoms with Gasteiger partial charge in [0.2, 0.25) is 0 Å². The normalized spacial score (nSPS) is 44.0. The highest BCUT2D eigenvalue weighted by Crippen LogP contribution is 2.48. The average Bonchev–Trinajstić information content (AvgIpc) is 2.81. The summed E-state index contributed by atoms with van der Waals surface area (Å²) in [5, 5.41) is 0. The Morgan fingerprint density at radius 1 is 1.17 bits per heavy atom. The van der Waals surface area contributed by atoms with Crippen molar-refractivity contribution in [2.75, 3.05) is 0 Å². The minimum absolute atomic E-state index is 0.847. The van der Waals surface area contributed by atoms with Gasteiger partial charge >= 0.3 is 0 Å². The van der Waals surface area contributed by atoms with E-state index in [1.54, 1.807) is 5.57 Å². The highest BCUT2D eigenvalue weighted by Gasteiger charge is 2.35. The van der Waals surface area contributed by atoms with Crippen molar-refractivity contribution >= 4 is 0 Å². The van der Waals surface area contributed by atoms with E-state index < -0.39 is 0 Å². The van der Waals surface area contributed by atoms with E-state index in [0.29, 0.717) is 0 Å². The smallest absolute Gasteiger partial charge is 0.00175 e. The quantitative estimate of drug-likeness (QED) is 0.516. The molecule has 64 valence electrons. The molecule has 0 nitrogen and oxygen atoms in total. The molecule has 0 aliphatic heterocycles. The molecular formula is C12H16. The maximum atomic E-state index is 2.59. The van der Waals surface area contributed by atoms with Crippen LogP contribution in [0, 0.1) is 17.8 Å². The SMILES string of the molecule is C1=CC(C2=CC3CCC2C3)CC1. The molecule has 3 aliphatic carbocycles. The minimum atomic E-state index is 0.847. The predicted octanol–water partition coefficient (Wildman–Crippen LogP) is 3.31. The first-order chi connectivity index (χ1) is 5.93. The molecule has 0 amide bonds. The Morgan fingerprint density at radius 2 is 2.17 bits per heavy atom. The molecule has 0 radical (unpaired) electrons. The van der Waals surface area contributed by atoms with Gasteiger partial charge in [-0.3, -0.25) is 0 Å². The van der Waals surface area contributed by atoms with Crippen molar-refractivity contribution in [3.05, 3.63) is 23.8 Å². The van der Waals surface area contributed by atoms with Crippen LogP contribution in [0.25, 0.3) is 0 Å². The summed E-state index contributed by atoms with van der Waals surface area (Å²) in [6.45, 7) is 0. The Morgan fingerprint density at radius 3 is 2.75 bits per heavy atom. The van der Waals surface area contributed by atoms with Crippen molar-refractivity contribution in [2.24, 2.45) is 17.8 Å². The van der Waals surface area contributed by atoms with Crippen LogP contribution in [0.1, 0.15) is 32.1 Å². The third kappa shape index (κ3) is 0.903. The summed E-state index contributed by atoms with van der Waals surface area (Å²) in [4.78, 5) is 0. The third-order valence-corrected chi connectivity index (χ3v) is 3.81. The fourth-order valence-electron chi connectivity index (χ4n) is 3.22. The predicted molar refractivity (Wildman–Crippen MR) is 50.8 cm³/mol. The Bertz CT molecular complexity index is 247. The van der Waals surface area contributed by atoms with Gasteiger partial charge in [-0.15, -0.1) is 0 Å². The van der Waals surface area contributed by atoms with E-state index in [2.05, 4.69) is 18.2 Å². The molecule has 3 aliphatic rings. The van der Waals surface area contributed by atoms with Crippen LogP contribution in [-0.4, -0.2) is 0 Å². The Balaban J connectivity index is 1.85. The second-order valence-corrected chi connectivity index (χ2v) is 4.55. The van der Waals surface area contributed by atoms with E-state index in [0.717, 1.165) is 17.8 Å². The number of hydrogen-bond acceptors (Lipinski definition) is 0. The summed E-state index contributed by atoms with van der Waals surface area (Å²) in [6, 6.07) is 0. The molecular weight excluding hydrogens is 144 g/mol. The Labute approximate surface area is 74.4 Å². The molecule has 0 spiro atoms. The van der Waals surface area contributed by atoms with E-state index >= 15 is 0 Å². The van der Waals surface area contributed by atoms with Crippen LogP contribution in [0.3, 0.4) is 0 Å². The summed E-state index contributed by atoms with van der Waals surface area (Å²) >= 11 is 0. The average molecular weight is 160 g/mol. The molecule has 0 aromatic carbocycles. The van der Waals surface area contributed by atoms with Gasteiger partial charge < -0.3 is 0 Å². The number of hydrogen-bond donors (Lipinski definition) is 0. The minimum Gasteiger partial charge on any atom is -0.0879 e. The molecule has 1 fully saturated rings. The summed E-state index contributed by atoms with van der Waals surface area (Å²) in [7, 11) is 0. The van der Waals surface area contributed by atoms with Crippen LogP contribution in [-0.2, 0) is 0 Å². The van der Waals surface area contributed by atoms with E-state index in [9.17, 15) is 0 Å². The molecule has 0 aromatic rings. The van der Waals surface area contributed by atoms with Crippen LogP contribution in [0.15, 0.2) is 23.8 Å². The van der Waals surface area contributed by atoms with E-state index in [1.807, 2.05) is 0 Å². The molecule has 0 heterocycles. The first-order valence-corrected chi connectivity index (χ1v) is 5.32. The lowest BCUT2D eigenvalue weighted by atomic mass is 9.87. The van der Waals surface area contributed by atoms with Gasteiger partial charge in [0.1, 0.15) is 0 Å². The van der Waals surface area contributed by atoms with Crippen molar-refractivity contribution < 1.29 is 0 Å². The Hall–Kier alpha value is -0.520. The van der Waals surface area contributed by atoms with Crippen LogP contribution in [0.5, 0.6) is 0 Å². The molecule has 3 atom stereocenters. The van der Waals surface area contributed by atoms with Gasteiger partial charge in [0.25, 0.3) is 0 Å². The van der Waals surface area contributed by atoms with Gasteiger partial charge in [-0.05, 0) is 49.9 Å². The summed E-state index contributed by atoms with van der Waals surface area (Å²) in [6.07, 6.45) is 14.6. The zero-order chi connectivity index (χ0) is 7.97. The van der Waals surface area contributed by atoms with Gasteiger partial charge in [0.15, 0.2) is 0 Å². The van der Waals surface area contributed by atoms with E-state index in [4.69, 9.17) is 0 Å². The van der Waals surface area contributed by atoms with Crippen molar-refractivity contribution in [3.8, 4) is 0 Å². The molecule has 1 saturated carbocycles. The zero-order valence-corrected chi connectivity index (χ0v) is 7.50. The van der Waals surface area contributed by atoms with Crippen LogP contribution < -0.4 is 0 Å². The van der Waals surface area contributed by atoms with Gasteiger partial charge in [0.05, 0.1) is 0 Å². The van der Waals surface area contributed by atoms with Crippen molar-refractivity contribution in [1.82, 2.24) is 0 Å². The molecule has 12 heavy (non-hydrogen) atoms. The largest absolute Gasteiger partial charge is 0.0879 e. The second-order valence-electron chi connectivity index (χ2n) is 4.55. The maximum Gasteiger partial charge on any atom is -0.00175 e. The van der Waals surface area contributed by atoms with Gasteiger partial charge in [-0.1, -0.05) is 23.8 Å². The summed E-state index contributed by atoms with van der Waals surface area (Å²) < 4.78 is 0. The number of fused-ring (bicyclic) bond motifs is 2. The molecule has 0 saturated heterocycles. The standard InChI is InChI=1S/C12H16/c1-2-4-10(3-1)12-8-9-5-6-11(12)7-9/h1,3,8-11H,2,4-7H2. The van der Waals surface area contributed by atoms with Crippen LogP contribution in [0.4, 0.5) is 0 Å². The fourth-order valence-corrected chi connectivity index (χ4v) is 3.22. The van der Waals surface area contributed by atoms with Gasteiger partial charge in [-0.2, -0.15) is 0 Å². The molecule has 3 rings (SSSR count). The molecule has 0 N–H and O–H groups in total. The second kappa shape index (κ2) is 2.48. The molecule has 0 aromatic heterocycles. The van der Waals surface area contributed by atoms with Crippen LogP contribution >= 0.6 is 0 Å². The van der Waals surface area contributed by atoms with Gasteiger partial charge in [0, 0.05) is 0 Å². The van der Waals surface area contributed by atoms with E-state index in [1.165, 1.54) is 32.1 Å². The molecule has 3 unspecified atom stereocenters. The van der Waals surface area contributed by atoms with E-state index in [-0.39, 0.29) is 0 Å². The zero-order valence-electron chi connectivity index (χ0n) is 7.50. The first-order valence-electron chi connectivity index (χ1n) is 5.32. The first kappa shape index (κ1) is 6.94. The molecule has 2 bridgehead atoms. The highest BCUT2D eigenvalue weighted by atomic mass is 14.4. The number of rotatable bonds is 1. The highest BCUT2D eigenvalue weighted by molar-refractivity contribution is 5.27. The number of allylic oxidation sites excluding steroid dienone is 4. The van der Waals surface area contributed by atoms with Crippen molar-refractivity contribution in [1.29, 1.82) is 0 Å². The maximum absolute atomic E-state index is 2.59. The van der Waals surface area contributed by atoms with Crippen molar-refractivity contribution in [3.63, 3.8) is 0 Å². The Kier molecular flexibility index (Phi) is 1.44. The molecule has 0 heteroatoms. The van der Waals surface area contributed by atoms with Crippen LogP contribution in [0.2, 0.25) is 0 Å². The van der Waals surface area contributed by atoms with Gasteiger partial charge in [-0.25, -0.2) is 0 Å². The topological polar surface area (TPSA) is 0 Å². The lowest BCUT2D eigenvalue weighted by Gasteiger charge is -2.18. The third-order valence-electron chi connectivity index (χ3n) is 3.81. The fraction of sp³-hybridized carbons (Fsp3) is 0.667.